The van der Waals surface area contributed by atoms with Crippen LogP contribution in [0.25, 0.3) is 11.0 Å². The monoisotopic (exact) mass is 483 g/mol. The van der Waals surface area contributed by atoms with Crippen LogP contribution in [0.15, 0.2) is 51.4 Å². The van der Waals surface area contributed by atoms with E-state index in [1.807, 2.05) is 61.2 Å². The minimum atomic E-state index is -0.231. The predicted molar refractivity (Wildman–Crippen MR) is 125 cm³/mol. The van der Waals surface area contributed by atoms with E-state index in [2.05, 4.69) is 26.6 Å². The number of halogens is 1. The molecule has 1 saturated heterocycles. The number of carbonyl (C=O) groups is 2. The van der Waals surface area contributed by atoms with Gasteiger partial charge in [-0.15, -0.1) is 0 Å². The van der Waals surface area contributed by atoms with Crippen LogP contribution in [0.5, 0.6) is 0 Å². The van der Waals surface area contributed by atoms with E-state index in [4.69, 9.17) is 4.42 Å². The van der Waals surface area contributed by atoms with Crippen LogP contribution in [0.2, 0.25) is 0 Å². The molecule has 2 heterocycles. The van der Waals surface area contributed by atoms with Crippen molar-refractivity contribution in [1.29, 1.82) is 0 Å². The zero-order chi connectivity index (χ0) is 22.0. The number of likely N-dealkylation sites (tertiary alicyclic amines) is 1. The number of hydrogen-bond acceptors (Lipinski definition) is 3. The highest BCUT2D eigenvalue weighted by Crippen LogP contribution is 2.29. The second-order valence-corrected chi connectivity index (χ2v) is 9.07. The zero-order valence-electron chi connectivity index (χ0n) is 17.7. The molecule has 2 N–H and O–H groups in total. The van der Waals surface area contributed by atoms with Crippen LogP contribution in [0.1, 0.15) is 34.5 Å². The average molecular weight is 484 g/mol. The summed E-state index contributed by atoms with van der Waals surface area (Å²) in [6.07, 6.45) is 1.88. The SMILES string of the molecule is Cc1ccc(NC(=O)NCC2CCCN(C(=O)c3oc4ccc(Br)cc4c3C)C2)cc1. The molecular formula is C24H26BrN3O3. The number of urea groups is 1. The average Bonchev–Trinajstić information content (AvgIpc) is 3.09. The van der Waals surface area contributed by atoms with Crippen LogP contribution in [-0.4, -0.2) is 36.5 Å². The van der Waals surface area contributed by atoms with Gasteiger partial charge in [0.2, 0.25) is 0 Å². The lowest BCUT2D eigenvalue weighted by molar-refractivity contribution is 0.0644. The Morgan fingerprint density at radius 3 is 2.71 bits per heavy atom. The van der Waals surface area contributed by atoms with E-state index < -0.39 is 0 Å². The lowest BCUT2D eigenvalue weighted by Gasteiger charge is -2.32. The van der Waals surface area contributed by atoms with Crippen LogP contribution in [-0.2, 0) is 0 Å². The van der Waals surface area contributed by atoms with Crippen molar-refractivity contribution in [2.75, 3.05) is 25.0 Å². The third kappa shape index (κ3) is 4.93. The molecule has 0 spiro atoms. The van der Waals surface area contributed by atoms with Gasteiger partial charge in [-0.3, -0.25) is 4.79 Å². The van der Waals surface area contributed by atoms with Gasteiger partial charge in [-0.05, 0) is 62.9 Å². The quantitative estimate of drug-likeness (QED) is 0.515. The number of hydrogen-bond donors (Lipinski definition) is 2. The number of amides is 3. The summed E-state index contributed by atoms with van der Waals surface area (Å²) in [6.45, 7) is 5.75. The number of furan rings is 1. The third-order valence-corrected chi connectivity index (χ3v) is 6.25. The van der Waals surface area contributed by atoms with Gasteiger partial charge < -0.3 is 20.0 Å². The molecular weight excluding hydrogens is 458 g/mol. The van der Waals surface area contributed by atoms with Crippen molar-refractivity contribution < 1.29 is 14.0 Å². The molecule has 162 valence electrons. The smallest absolute Gasteiger partial charge is 0.319 e. The number of aryl methyl sites for hydroxylation is 2. The number of nitrogens with one attached hydrogen (secondary N) is 2. The second kappa shape index (κ2) is 9.14. The number of piperidine rings is 1. The molecule has 1 unspecified atom stereocenters. The fourth-order valence-corrected chi connectivity index (χ4v) is 4.37. The molecule has 0 bridgehead atoms. The van der Waals surface area contributed by atoms with E-state index in [0.29, 0.717) is 31.0 Å². The van der Waals surface area contributed by atoms with E-state index in [9.17, 15) is 9.59 Å². The zero-order valence-corrected chi connectivity index (χ0v) is 19.3. The summed E-state index contributed by atoms with van der Waals surface area (Å²) in [5, 5.41) is 6.73. The van der Waals surface area contributed by atoms with Crippen LogP contribution in [0.3, 0.4) is 0 Å². The van der Waals surface area contributed by atoms with E-state index in [0.717, 1.165) is 39.5 Å². The maximum absolute atomic E-state index is 13.1. The first kappa shape index (κ1) is 21.4. The second-order valence-electron chi connectivity index (χ2n) is 8.16. The normalized spacial score (nSPS) is 16.4. The van der Waals surface area contributed by atoms with E-state index in [-0.39, 0.29) is 17.9 Å². The van der Waals surface area contributed by atoms with Gasteiger partial charge in [0, 0.05) is 40.7 Å². The first-order valence-corrected chi connectivity index (χ1v) is 11.3. The van der Waals surface area contributed by atoms with Gasteiger partial charge in [0.25, 0.3) is 5.91 Å². The maximum atomic E-state index is 13.1. The number of rotatable bonds is 4. The highest BCUT2D eigenvalue weighted by atomic mass is 79.9. The maximum Gasteiger partial charge on any atom is 0.319 e. The molecule has 1 aliphatic rings. The summed E-state index contributed by atoms with van der Waals surface area (Å²) in [7, 11) is 0. The molecule has 1 atom stereocenters. The van der Waals surface area contributed by atoms with Gasteiger partial charge in [0.1, 0.15) is 5.58 Å². The molecule has 7 heteroatoms. The van der Waals surface area contributed by atoms with Crippen molar-refractivity contribution in [3.63, 3.8) is 0 Å². The number of benzene rings is 2. The summed E-state index contributed by atoms with van der Waals surface area (Å²) in [6, 6.07) is 13.2. The summed E-state index contributed by atoms with van der Waals surface area (Å²) >= 11 is 3.47. The fraction of sp³-hybridized carbons (Fsp3) is 0.333. The molecule has 0 saturated carbocycles. The fourth-order valence-electron chi connectivity index (χ4n) is 4.01. The number of fused-ring (bicyclic) bond motifs is 1. The summed E-state index contributed by atoms with van der Waals surface area (Å²) in [5.41, 5.74) is 3.48. The van der Waals surface area contributed by atoms with Gasteiger partial charge in [-0.25, -0.2) is 4.79 Å². The van der Waals surface area contributed by atoms with Gasteiger partial charge >= 0.3 is 6.03 Å². The highest BCUT2D eigenvalue weighted by molar-refractivity contribution is 9.10. The Bertz CT molecular complexity index is 1110. The number of carbonyl (C=O) groups excluding carboxylic acids is 2. The largest absolute Gasteiger partial charge is 0.451 e. The molecule has 4 rings (SSSR count). The summed E-state index contributed by atoms with van der Waals surface area (Å²) < 4.78 is 6.84. The molecule has 6 nitrogen and oxygen atoms in total. The first-order valence-electron chi connectivity index (χ1n) is 10.5. The van der Waals surface area contributed by atoms with Crippen LogP contribution < -0.4 is 10.6 Å². The molecule has 0 radical (unpaired) electrons. The van der Waals surface area contributed by atoms with Crippen molar-refractivity contribution in [2.45, 2.75) is 26.7 Å². The Hall–Kier alpha value is -2.80. The molecule has 3 aromatic rings. The van der Waals surface area contributed by atoms with Gasteiger partial charge in [-0.2, -0.15) is 0 Å². The van der Waals surface area contributed by atoms with Crippen molar-refractivity contribution in [2.24, 2.45) is 5.92 Å². The number of anilines is 1. The molecule has 3 amide bonds. The Morgan fingerprint density at radius 1 is 1.16 bits per heavy atom. The highest BCUT2D eigenvalue weighted by Gasteiger charge is 2.28. The number of nitrogens with zero attached hydrogens (tertiary/aromatic N) is 1. The minimum Gasteiger partial charge on any atom is -0.451 e. The lowest BCUT2D eigenvalue weighted by atomic mass is 9.97. The van der Waals surface area contributed by atoms with Crippen molar-refractivity contribution in [3.8, 4) is 0 Å². The van der Waals surface area contributed by atoms with Crippen molar-refractivity contribution in [1.82, 2.24) is 10.2 Å². The van der Waals surface area contributed by atoms with Crippen LogP contribution >= 0.6 is 15.9 Å². The molecule has 1 fully saturated rings. The summed E-state index contributed by atoms with van der Waals surface area (Å²) in [5.74, 6) is 0.526. The predicted octanol–water partition coefficient (Wildman–Crippen LogP) is 5.49. The minimum absolute atomic E-state index is 0.0846. The lowest BCUT2D eigenvalue weighted by Crippen LogP contribution is -2.44. The van der Waals surface area contributed by atoms with Crippen LogP contribution in [0, 0.1) is 19.8 Å². The molecule has 1 aromatic heterocycles. The summed E-state index contributed by atoms with van der Waals surface area (Å²) in [4.78, 5) is 27.2. The Kier molecular flexibility index (Phi) is 6.32. The van der Waals surface area contributed by atoms with Gasteiger partial charge in [0.15, 0.2) is 5.76 Å². The molecule has 1 aliphatic heterocycles. The molecule has 0 aliphatic carbocycles. The third-order valence-electron chi connectivity index (χ3n) is 5.76. The van der Waals surface area contributed by atoms with Crippen molar-refractivity contribution in [3.05, 3.63) is 63.8 Å². The van der Waals surface area contributed by atoms with E-state index in [1.165, 1.54) is 0 Å². The Morgan fingerprint density at radius 2 is 1.94 bits per heavy atom. The Balaban J connectivity index is 1.36. The van der Waals surface area contributed by atoms with E-state index >= 15 is 0 Å². The molecule has 2 aromatic carbocycles. The van der Waals surface area contributed by atoms with E-state index in [1.54, 1.807) is 0 Å². The standard InChI is InChI=1S/C24H26BrN3O3/c1-15-5-8-19(9-6-15)27-24(30)26-13-17-4-3-11-28(14-17)23(29)22-16(2)20-12-18(25)7-10-21(20)31-22/h5-10,12,17H,3-4,11,13-14H2,1-2H3,(H2,26,27,30). The topological polar surface area (TPSA) is 74.6 Å². The van der Waals surface area contributed by atoms with Crippen molar-refractivity contribution >= 4 is 44.5 Å². The Labute approximate surface area is 190 Å². The molecule has 31 heavy (non-hydrogen) atoms. The van der Waals surface area contributed by atoms with Gasteiger partial charge in [-0.1, -0.05) is 33.6 Å². The first-order chi connectivity index (χ1) is 14.9. The van der Waals surface area contributed by atoms with Crippen LogP contribution in [0.4, 0.5) is 10.5 Å². The van der Waals surface area contributed by atoms with Gasteiger partial charge in [0.05, 0.1) is 0 Å².